The molecular formula is C20H18N2O3S2. The maximum Gasteiger partial charge on any atom is 0.255 e. The van der Waals surface area contributed by atoms with Crippen LogP contribution in [0.4, 0.5) is 11.4 Å². The molecule has 7 heteroatoms. The van der Waals surface area contributed by atoms with Crippen LogP contribution < -0.4 is 9.62 Å². The van der Waals surface area contributed by atoms with E-state index in [2.05, 4.69) is 5.32 Å². The molecule has 0 unspecified atom stereocenters. The summed E-state index contributed by atoms with van der Waals surface area (Å²) in [6.07, 6.45) is 0.629. The van der Waals surface area contributed by atoms with Gasteiger partial charge in [-0.25, -0.2) is 8.42 Å². The lowest BCUT2D eigenvalue weighted by molar-refractivity contribution is 0.102. The quantitative estimate of drug-likeness (QED) is 0.716. The van der Waals surface area contributed by atoms with Crippen molar-refractivity contribution in [2.75, 3.05) is 21.9 Å². The van der Waals surface area contributed by atoms with Crippen LogP contribution in [0.5, 0.6) is 0 Å². The van der Waals surface area contributed by atoms with Gasteiger partial charge in [0.2, 0.25) is 10.0 Å². The molecule has 1 aliphatic rings. The van der Waals surface area contributed by atoms with Gasteiger partial charge in [0, 0.05) is 28.2 Å². The molecule has 1 aliphatic heterocycles. The minimum absolute atomic E-state index is 0.175. The van der Waals surface area contributed by atoms with Gasteiger partial charge in [-0.2, -0.15) is 0 Å². The van der Waals surface area contributed by atoms with Gasteiger partial charge in [0.15, 0.2) is 0 Å². The largest absolute Gasteiger partial charge is 0.321 e. The molecule has 2 aromatic carbocycles. The number of hydrogen-bond acceptors (Lipinski definition) is 4. The molecular weight excluding hydrogens is 380 g/mol. The normalized spacial score (nSPS) is 15.6. The monoisotopic (exact) mass is 398 g/mol. The van der Waals surface area contributed by atoms with Crippen molar-refractivity contribution in [3.63, 3.8) is 0 Å². The molecule has 4 rings (SSSR count). The van der Waals surface area contributed by atoms with E-state index in [4.69, 9.17) is 0 Å². The van der Waals surface area contributed by atoms with E-state index >= 15 is 0 Å². The first-order chi connectivity index (χ1) is 13.0. The van der Waals surface area contributed by atoms with E-state index in [1.807, 2.05) is 41.8 Å². The van der Waals surface area contributed by atoms with Crippen LogP contribution in [0, 0.1) is 0 Å². The average Bonchev–Trinajstić information content (AvgIpc) is 3.31. The highest BCUT2D eigenvalue weighted by Crippen LogP contribution is 2.31. The third kappa shape index (κ3) is 3.61. The van der Waals surface area contributed by atoms with Crippen molar-refractivity contribution in [2.45, 2.75) is 6.42 Å². The highest BCUT2D eigenvalue weighted by atomic mass is 32.2. The van der Waals surface area contributed by atoms with E-state index in [0.717, 1.165) is 16.1 Å². The number of sulfonamides is 1. The fourth-order valence-corrected chi connectivity index (χ4v) is 5.47. The van der Waals surface area contributed by atoms with Gasteiger partial charge in [-0.15, -0.1) is 11.3 Å². The Bertz CT molecular complexity index is 1060. The van der Waals surface area contributed by atoms with Crippen molar-refractivity contribution >= 4 is 38.6 Å². The zero-order chi connectivity index (χ0) is 18.9. The maximum absolute atomic E-state index is 12.7. The Hall–Kier alpha value is -2.64. The Kier molecular flexibility index (Phi) is 4.72. The van der Waals surface area contributed by atoms with Gasteiger partial charge in [0.25, 0.3) is 5.91 Å². The zero-order valence-corrected chi connectivity index (χ0v) is 16.1. The molecule has 0 radical (unpaired) electrons. The van der Waals surface area contributed by atoms with E-state index in [-0.39, 0.29) is 11.7 Å². The first kappa shape index (κ1) is 17.8. The van der Waals surface area contributed by atoms with E-state index in [1.165, 1.54) is 4.31 Å². The third-order valence-corrected chi connectivity index (χ3v) is 7.25. The molecule has 27 heavy (non-hydrogen) atoms. The molecule has 5 nitrogen and oxygen atoms in total. The van der Waals surface area contributed by atoms with E-state index in [0.29, 0.717) is 24.2 Å². The number of nitrogens with one attached hydrogen (secondary N) is 1. The number of benzene rings is 2. The SMILES string of the molecule is O=C(Nc1ccccc1-c1cccs1)c1ccc(N2CCCS2(=O)=O)cc1. The van der Waals surface area contributed by atoms with Crippen molar-refractivity contribution in [2.24, 2.45) is 0 Å². The van der Waals surface area contributed by atoms with Crippen molar-refractivity contribution in [1.29, 1.82) is 0 Å². The predicted octanol–water partition coefficient (Wildman–Crippen LogP) is 4.21. The Labute approximate surface area is 162 Å². The van der Waals surface area contributed by atoms with Gasteiger partial charge in [-0.05, 0) is 48.2 Å². The molecule has 2 heterocycles. The first-order valence-corrected chi connectivity index (χ1v) is 11.1. The van der Waals surface area contributed by atoms with Crippen LogP contribution in [-0.2, 0) is 10.0 Å². The summed E-state index contributed by atoms with van der Waals surface area (Å²) >= 11 is 1.62. The third-order valence-electron chi connectivity index (χ3n) is 4.48. The summed E-state index contributed by atoms with van der Waals surface area (Å²) in [6, 6.07) is 18.3. The second kappa shape index (κ2) is 7.17. The molecule has 3 aromatic rings. The lowest BCUT2D eigenvalue weighted by atomic mass is 10.1. The topological polar surface area (TPSA) is 66.5 Å². The number of thiophene rings is 1. The summed E-state index contributed by atoms with van der Waals surface area (Å²) in [5.41, 5.74) is 2.80. The number of amides is 1. The van der Waals surface area contributed by atoms with Gasteiger partial charge in [-0.3, -0.25) is 9.10 Å². The highest BCUT2D eigenvalue weighted by Gasteiger charge is 2.28. The summed E-state index contributed by atoms with van der Waals surface area (Å²) in [5.74, 6) is -0.0517. The maximum atomic E-state index is 12.7. The second-order valence-corrected chi connectivity index (χ2v) is 9.23. The number of hydrogen-bond donors (Lipinski definition) is 1. The minimum atomic E-state index is -3.22. The van der Waals surface area contributed by atoms with Crippen LogP contribution >= 0.6 is 11.3 Å². The number of carbonyl (C=O) groups is 1. The molecule has 0 spiro atoms. The van der Waals surface area contributed by atoms with E-state index in [9.17, 15) is 13.2 Å². The Balaban J connectivity index is 1.55. The molecule has 138 valence electrons. The molecule has 1 saturated heterocycles. The molecule has 0 atom stereocenters. The molecule has 1 aromatic heterocycles. The summed E-state index contributed by atoms with van der Waals surface area (Å²) in [6.45, 7) is 0.488. The standard InChI is InChI=1S/C20H18N2O3S2/c23-20(21-18-6-2-1-5-17(18)19-7-3-13-26-19)15-8-10-16(11-9-15)22-12-4-14-27(22,24)25/h1-3,5-11,13H,4,12,14H2,(H,21,23). The van der Waals surface area contributed by atoms with Gasteiger partial charge >= 0.3 is 0 Å². The molecule has 1 amide bonds. The van der Waals surface area contributed by atoms with E-state index in [1.54, 1.807) is 35.6 Å². The smallest absolute Gasteiger partial charge is 0.255 e. The molecule has 0 bridgehead atoms. The Morgan fingerprint density at radius 3 is 2.44 bits per heavy atom. The number of rotatable bonds is 4. The lowest BCUT2D eigenvalue weighted by Crippen LogP contribution is -2.25. The van der Waals surface area contributed by atoms with Crippen LogP contribution in [0.1, 0.15) is 16.8 Å². The zero-order valence-electron chi connectivity index (χ0n) is 14.5. The van der Waals surface area contributed by atoms with Gasteiger partial charge in [0.1, 0.15) is 0 Å². The van der Waals surface area contributed by atoms with Crippen LogP contribution in [0.25, 0.3) is 10.4 Å². The average molecular weight is 399 g/mol. The lowest BCUT2D eigenvalue weighted by Gasteiger charge is -2.17. The van der Waals surface area contributed by atoms with E-state index < -0.39 is 10.0 Å². The Morgan fingerprint density at radius 1 is 1.00 bits per heavy atom. The molecule has 0 saturated carbocycles. The van der Waals surface area contributed by atoms with Gasteiger partial charge < -0.3 is 5.32 Å². The summed E-state index contributed by atoms with van der Waals surface area (Å²) in [5, 5.41) is 4.96. The number of anilines is 2. The van der Waals surface area contributed by atoms with Crippen LogP contribution in [0.3, 0.4) is 0 Å². The van der Waals surface area contributed by atoms with Crippen LogP contribution in [-0.4, -0.2) is 26.6 Å². The predicted molar refractivity (Wildman–Crippen MR) is 110 cm³/mol. The van der Waals surface area contributed by atoms with Crippen molar-refractivity contribution in [1.82, 2.24) is 0 Å². The summed E-state index contributed by atoms with van der Waals surface area (Å²) in [4.78, 5) is 13.7. The summed E-state index contributed by atoms with van der Waals surface area (Å²) in [7, 11) is -3.22. The van der Waals surface area contributed by atoms with Crippen LogP contribution in [0.2, 0.25) is 0 Å². The molecule has 1 fully saturated rings. The van der Waals surface area contributed by atoms with Crippen molar-refractivity contribution < 1.29 is 13.2 Å². The van der Waals surface area contributed by atoms with Crippen molar-refractivity contribution in [3.05, 3.63) is 71.6 Å². The van der Waals surface area contributed by atoms with Gasteiger partial charge in [-0.1, -0.05) is 24.3 Å². The fraction of sp³-hybridized carbons (Fsp3) is 0.150. The second-order valence-electron chi connectivity index (χ2n) is 6.27. The number of carbonyl (C=O) groups excluding carboxylic acids is 1. The molecule has 0 aliphatic carbocycles. The van der Waals surface area contributed by atoms with Crippen LogP contribution in [0.15, 0.2) is 66.0 Å². The Morgan fingerprint density at radius 2 is 1.78 bits per heavy atom. The summed E-state index contributed by atoms with van der Waals surface area (Å²) < 4.78 is 25.4. The number of para-hydroxylation sites is 1. The fourth-order valence-electron chi connectivity index (χ4n) is 3.14. The van der Waals surface area contributed by atoms with Gasteiger partial charge in [0.05, 0.1) is 11.4 Å². The molecule has 1 N–H and O–H groups in total. The van der Waals surface area contributed by atoms with Crippen molar-refractivity contribution in [3.8, 4) is 10.4 Å². The minimum Gasteiger partial charge on any atom is -0.321 e. The first-order valence-electron chi connectivity index (χ1n) is 8.59. The highest BCUT2D eigenvalue weighted by molar-refractivity contribution is 7.93. The number of nitrogens with zero attached hydrogens (tertiary/aromatic N) is 1.